The van der Waals surface area contributed by atoms with E-state index < -0.39 is 0 Å². The molecule has 5 nitrogen and oxygen atoms in total. The molecule has 0 rings (SSSR count). The van der Waals surface area contributed by atoms with E-state index in [0.29, 0.717) is 11.7 Å². The summed E-state index contributed by atoms with van der Waals surface area (Å²) in [7, 11) is 3.21. The predicted molar refractivity (Wildman–Crippen MR) is 63.7 cm³/mol. The van der Waals surface area contributed by atoms with E-state index in [2.05, 4.69) is 16.0 Å². The molecule has 0 heterocycles. The van der Waals surface area contributed by atoms with Gasteiger partial charge in [0.2, 0.25) is 5.91 Å². The quantitative estimate of drug-likeness (QED) is 0.565. The average molecular weight is 233 g/mol. The van der Waals surface area contributed by atoms with Crippen molar-refractivity contribution in [3.63, 3.8) is 0 Å². The van der Waals surface area contributed by atoms with Crippen molar-refractivity contribution in [1.82, 2.24) is 16.0 Å². The van der Waals surface area contributed by atoms with Gasteiger partial charge in [0.1, 0.15) is 6.04 Å². The number of methoxy groups -OCH3 is 1. The monoisotopic (exact) mass is 233 g/mol. The van der Waals surface area contributed by atoms with Crippen LogP contribution in [0.15, 0.2) is 0 Å². The highest BCUT2D eigenvalue weighted by Gasteiger charge is 2.12. The van der Waals surface area contributed by atoms with Crippen molar-refractivity contribution >= 4 is 23.2 Å². The molecule has 1 amide bonds. The lowest BCUT2D eigenvalue weighted by Crippen LogP contribution is -2.50. The molecule has 0 aliphatic rings. The van der Waals surface area contributed by atoms with Crippen LogP contribution in [-0.4, -0.2) is 43.9 Å². The maximum atomic E-state index is 11.2. The van der Waals surface area contributed by atoms with Gasteiger partial charge in [-0.05, 0) is 26.1 Å². The molecule has 0 saturated carbocycles. The van der Waals surface area contributed by atoms with Gasteiger partial charge in [0.15, 0.2) is 5.11 Å². The zero-order valence-corrected chi connectivity index (χ0v) is 10.4. The second-order valence-electron chi connectivity index (χ2n) is 3.31. The van der Waals surface area contributed by atoms with Crippen molar-refractivity contribution in [2.75, 3.05) is 20.8 Å². The van der Waals surface area contributed by atoms with Gasteiger partial charge in [-0.1, -0.05) is 0 Å². The van der Waals surface area contributed by atoms with Crippen LogP contribution in [-0.2, 0) is 9.53 Å². The Morgan fingerprint density at radius 3 is 2.47 bits per heavy atom. The van der Waals surface area contributed by atoms with Crippen molar-refractivity contribution in [1.29, 1.82) is 0 Å². The van der Waals surface area contributed by atoms with E-state index in [-0.39, 0.29) is 18.0 Å². The number of rotatable bonds is 5. The van der Waals surface area contributed by atoms with E-state index in [0.717, 1.165) is 0 Å². The maximum absolute atomic E-state index is 11.2. The summed E-state index contributed by atoms with van der Waals surface area (Å²) in [5.74, 6) is -0.0986. The first kappa shape index (κ1) is 14.1. The lowest BCUT2D eigenvalue weighted by Gasteiger charge is -2.19. The molecule has 0 spiro atoms. The van der Waals surface area contributed by atoms with Gasteiger partial charge in [0.25, 0.3) is 0 Å². The summed E-state index contributed by atoms with van der Waals surface area (Å²) in [6, 6.07) is -0.225. The minimum atomic E-state index is -0.343. The Bertz CT molecular complexity index is 223. The third kappa shape index (κ3) is 6.24. The van der Waals surface area contributed by atoms with Gasteiger partial charge >= 0.3 is 0 Å². The van der Waals surface area contributed by atoms with Crippen molar-refractivity contribution in [2.45, 2.75) is 25.9 Å². The molecule has 15 heavy (non-hydrogen) atoms. The van der Waals surface area contributed by atoms with E-state index in [1.807, 2.05) is 6.92 Å². The number of likely N-dealkylation sites (N-methyl/N-ethyl adjacent to an activating group) is 1. The Labute approximate surface area is 95.9 Å². The van der Waals surface area contributed by atoms with Crippen LogP contribution in [0, 0.1) is 0 Å². The number of carbonyl (C=O) groups excluding carboxylic acids is 1. The third-order valence-electron chi connectivity index (χ3n) is 1.78. The van der Waals surface area contributed by atoms with Gasteiger partial charge in [-0.15, -0.1) is 0 Å². The Balaban J connectivity index is 3.87. The minimum absolute atomic E-state index is 0.0986. The third-order valence-corrected chi connectivity index (χ3v) is 2.02. The maximum Gasteiger partial charge on any atom is 0.242 e. The van der Waals surface area contributed by atoms with Gasteiger partial charge in [-0.25, -0.2) is 0 Å². The summed E-state index contributed by atoms with van der Waals surface area (Å²) < 4.78 is 4.95. The number of thiocarbonyl (C=S) groups is 1. The van der Waals surface area contributed by atoms with Gasteiger partial charge in [0.05, 0.1) is 6.61 Å². The first-order valence-electron chi connectivity index (χ1n) is 4.78. The van der Waals surface area contributed by atoms with Crippen molar-refractivity contribution in [3.8, 4) is 0 Å². The minimum Gasteiger partial charge on any atom is -0.383 e. The molecular formula is C9H19N3O2S. The predicted octanol–water partition coefficient (Wildman–Crippen LogP) is -0.380. The lowest BCUT2D eigenvalue weighted by molar-refractivity contribution is -0.121. The van der Waals surface area contributed by atoms with Crippen LogP contribution in [0.2, 0.25) is 0 Å². The van der Waals surface area contributed by atoms with Crippen molar-refractivity contribution in [2.24, 2.45) is 0 Å². The number of carbonyl (C=O) groups is 1. The number of nitrogens with one attached hydrogen (secondary N) is 3. The van der Waals surface area contributed by atoms with E-state index in [9.17, 15) is 4.79 Å². The SMILES string of the molecule is CNC(=O)C(C)NC(=S)NC(C)COC. The number of hydrogen-bond acceptors (Lipinski definition) is 3. The molecule has 0 aliphatic heterocycles. The summed E-state index contributed by atoms with van der Waals surface area (Å²) in [6.45, 7) is 4.26. The van der Waals surface area contributed by atoms with Crippen LogP contribution in [0.25, 0.3) is 0 Å². The molecule has 3 N–H and O–H groups in total. The van der Waals surface area contributed by atoms with Crippen LogP contribution in [0.3, 0.4) is 0 Å². The number of ether oxygens (including phenoxy) is 1. The van der Waals surface area contributed by atoms with Gasteiger partial charge < -0.3 is 20.7 Å². The number of hydrogen-bond donors (Lipinski definition) is 3. The molecule has 2 atom stereocenters. The molecule has 0 bridgehead atoms. The van der Waals surface area contributed by atoms with E-state index in [4.69, 9.17) is 17.0 Å². The second kappa shape index (κ2) is 7.42. The summed E-state index contributed by atoms with van der Waals surface area (Å²) in [5, 5.41) is 8.87. The summed E-state index contributed by atoms with van der Waals surface area (Å²) in [4.78, 5) is 11.2. The van der Waals surface area contributed by atoms with Crippen molar-refractivity contribution in [3.05, 3.63) is 0 Å². The first-order valence-corrected chi connectivity index (χ1v) is 5.19. The highest BCUT2D eigenvalue weighted by atomic mass is 32.1. The lowest BCUT2D eigenvalue weighted by atomic mass is 10.3. The van der Waals surface area contributed by atoms with Crippen LogP contribution in [0.5, 0.6) is 0 Å². The topological polar surface area (TPSA) is 62.4 Å². The smallest absolute Gasteiger partial charge is 0.242 e. The molecule has 6 heteroatoms. The molecular weight excluding hydrogens is 214 g/mol. The number of amides is 1. The van der Waals surface area contributed by atoms with E-state index >= 15 is 0 Å². The largest absolute Gasteiger partial charge is 0.383 e. The normalized spacial score (nSPS) is 13.9. The Kier molecular flexibility index (Phi) is 6.98. The van der Waals surface area contributed by atoms with Crippen molar-refractivity contribution < 1.29 is 9.53 Å². The molecule has 0 radical (unpaired) electrons. The molecule has 2 unspecified atom stereocenters. The zero-order chi connectivity index (χ0) is 11.8. The molecule has 88 valence electrons. The fourth-order valence-corrected chi connectivity index (χ4v) is 1.41. The second-order valence-corrected chi connectivity index (χ2v) is 3.72. The van der Waals surface area contributed by atoms with Crippen LogP contribution < -0.4 is 16.0 Å². The van der Waals surface area contributed by atoms with Gasteiger partial charge in [0, 0.05) is 20.2 Å². The molecule has 0 saturated heterocycles. The molecule has 0 aromatic carbocycles. The van der Waals surface area contributed by atoms with Gasteiger partial charge in [-0.3, -0.25) is 4.79 Å². The molecule has 0 aromatic rings. The summed E-state index contributed by atoms with van der Waals surface area (Å²) in [6.07, 6.45) is 0. The summed E-state index contributed by atoms with van der Waals surface area (Å²) in [5.41, 5.74) is 0. The Morgan fingerprint density at radius 1 is 1.40 bits per heavy atom. The fourth-order valence-electron chi connectivity index (χ4n) is 1.04. The van der Waals surface area contributed by atoms with Crippen LogP contribution in [0.4, 0.5) is 0 Å². The Hall–Kier alpha value is -0.880. The highest BCUT2D eigenvalue weighted by Crippen LogP contribution is 1.85. The molecule has 0 aromatic heterocycles. The van der Waals surface area contributed by atoms with E-state index in [1.165, 1.54) is 0 Å². The fraction of sp³-hybridized carbons (Fsp3) is 0.778. The standard InChI is InChI=1S/C9H19N3O2S/c1-6(5-14-4)11-9(15)12-7(2)8(13)10-3/h6-7H,5H2,1-4H3,(H,10,13)(H2,11,12,15). The van der Waals surface area contributed by atoms with Crippen LogP contribution >= 0.6 is 12.2 Å². The summed E-state index contributed by atoms with van der Waals surface area (Å²) >= 11 is 5.03. The first-order chi connectivity index (χ1) is 7.01. The molecule has 0 aliphatic carbocycles. The average Bonchev–Trinajstić information content (AvgIpc) is 2.16. The van der Waals surface area contributed by atoms with Gasteiger partial charge in [-0.2, -0.15) is 0 Å². The Morgan fingerprint density at radius 2 is 2.00 bits per heavy atom. The zero-order valence-electron chi connectivity index (χ0n) is 9.59. The highest BCUT2D eigenvalue weighted by molar-refractivity contribution is 7.80. The molecule has 0 fully saturated rings. The van der Waals surface area contributed by atoms with Crippen LogP contribution in [0.1, 0.15) is 13.8 Å². The van der Waals surface area contributed by atoms with E-state index in [1.54, 1.807) is 21.1 Å².